The first kappa shape index (κ1) is 13.1. The first-order chi connectivity index (χ1) is 8.76. The summed E-state index contributed by atoms with van der Waals surface area (Å²) in [5.41, 5.74) is 0.698. The van der Waals surface area contributed by atoms with Crippen LogP contribution in [0.3, 0.4) is 0 Å². The average molecular weight is 272 g/mol. The maximum atomic E-state index is 12.2. The lowest BCUT2D eigenvalue weighted by Crippen LogP contribution is -2.25. The molecule has 1 heterocycles. The minimum Gasteiger partial charge on any atom is -0.489 e. The highest BCUT2D eigenvalue weighted by molar-refractivity contribution is 6.18. The second-order valence-electron chi connectivity index (χ2n) is 4.23. The third-order valence-electron chi connectivity index (χ3n) is 2.91. The summed E-state index contributed by atoms with van der Waals surface area (Å²) in [4.78, 5) is 13.6. The molecule has 0 N–H and O–H groups in total. The minimum absolute atomic E-state index is 0.00201. The molecule has 98 valence electrons. The Morgan fingerprint density at radius 2 is 2.22 bits per heavy atom. The molecule has 2 rings (SSSR count). The van der Waals surface area contributed by atoms with Crippen LogP contribution >= 0.6 is 11.6 Å². The van der Waals surface area contributed by atoms with E-state index in [1.165, 1.54) is 0 Å². The van der Waals surface area contributed by atoms with Crippen molar-refractivity contribution in [1.82, 2.24) is 0 Å². The number of hydrogen-bond donors (Lipinski definition) is 0. The van der Waals surface area contributed by atoms with Gasteiger partial charge in [0.15, 0.2) is 0 Å². The normalized spacial score (nSPS) is 19.3. The number of carbonyl (C=O) groups is 1. The van der Waals surface area contributed by atoms with Crippen LogP contribution in [0, 0.1) is 5.92 Å². The lowest BCUT2D eigenvalue weighted by molar-refractivity contribution is -0.117. The number of benzene rings is 1. The highest BCUT2D eigenvalue weighted by atomic mass is 35.5. The van der Waals surface area contributed by atoms with Crippen LogP contribution in [0.4, 0.5) is 10.1 Å². The Morgan fingerprint density at radius 3 is 2.89 bits per heavy atom. The van der Waals surface area contributed by atoms with Crippen molar-refractivity contribution in [2.75, 3.05) is 30.6 Å². The molecule has 0 radical (unpaired) electrons. The van der Waals surface area contributed by atoms with E-state index in [0.29, 0.717) is 30.3 Å². The number of halogens is 2. The molecule has 1 aromatic carbocycles. The molecule has 3 nitrogen and oxygen atoms in total. The molecule has 1 unspecified atom stereocenters. The molecule has 18 heavy (non-hydrogen) atoms. The molecule has 1 amide bonds. The zero-order valence-electron chi connectivity index (χ0n) is 9.94. The number of rotatable bonds is 5. The summed E-state index contributed by atoms with van der Waals surface area (Å²) in [5, 5.41) is 0. The summed E-state index contributed by atoms with van der Waals surface area (Å²) in [6.07, 6.45) is 0.459. The van der Waals surface area contributed by atoms with Gasteiger partial charge in [-0.05, 0) is 18.1 Å². The fourth-order valence-corrected chi connectivity index (χ4v) is 2.28. The number of anilines is 1. The second-order valence-corrected chi connectivity index (χ2v) is 4.54. The minimum atomic E-state index is -0.549. The Kier molecular flexibility index (Phi) is 4.42. The second kappa shape index (κ2) is 6.05. The largest absolute Gasteiger partial charge is 0.489 e. The molecule has 1 aliphatic rings. The van der Waals surface area contributed by atoms with Gasteiger partial charge < -0.3 is 9.64 Å². The molecule has 1 fully saturated rings. The van der Waals surface area contributed by atoms with E-state index < -0.39 is 6.67 Å². The highest BCUT2D eigenvalue weighted by Crippen LogP contribution is 2.33. The van der Waals surface area contributed by atoms with E-state index >= 15 is 0 Å². The van der Waals surface area contributed by atoms with Gasteiger partial charge in [0.05, 0.1) is 5.69 Å². The molecule has 0 aliphatic carbocycles. The maximum absolute atomic E-state index is 12.2. The SMILES string of the molecule is O=C1CC(CCl)CN1c1ccccc1OCCF. The molecule has 0 spiro atoms. The zero-order valence-corrected chi connectivity index (χ0v) is 10.7. The molecule has 1 aromatic rings. The summed E-state index contributed by atoms with van der Waals surface area (Å²) < 4.78 is 17.5. The van der Waals surface area contributed by atoms with Crippen LogP contribution < -0.4 is 9.64 Å². The maximum Gasteiger partial charge on any atom is 0.227 e. The van der Waals surface area contributed by atoms with Crippen LogP contribution in [-0.2, 0) is 4.79 Å². The standard InChI is InChI=1S/C13H15ClFNO2/c14-8-10-7-13(17)16(9-10)11-3-1-2-4-12(11)18-6-5-15/h1-4,10H,5-9H2. The van der Waals surface area contributed by atoms with Crippen molar-refractivity contribution in [2.45, 2.75) is 6.42 Å². The lowest BCUT2D eigenvalue weighted by atomic mass is 10.1. The molecule has 1 atom stereocenters. The predicted octanol–water partition coefficient (Wildman–Crippen LogP) is 2.63. The van der Waals surface area contributed by atoms with Crippen molar-refractivity contribution in [3.8, 4) is 5.75 Å². The topological polar surface area (TPSA) is 29.5 Å². The Bertz CT molecular complexity index is 427. The highest BCUT2D eigenvalue weighted by Gasteiger charge is 2.31. The van der Waals surface area contributed by atoms with Gasteiger partial charge >= 0.3 is 0 Å². The summed E-state index contributed by atoms with van der Waals surface area (Å²) in [7, 11) is 0. The van der Waals surface area contributed by atoms with E-state index in [2.05, 4.69) is 0 Å². The van der Waals surface area contributed by atoms with Crippen LogP contribution in [-0.4, -0.2) is 31.6 Å². The number of ether oxygens (including phenoxy) is 1. The quantitative estimate of drug-likeness (QED) is 0.771. The first-order valence-electron chi connectivity index (χ1n) is 5.90. The van der Waals surface area contributed by atoms with Crippen LogP contribution in [0.5, 0.6) is 5.75 Å². The molecule has 0 saturated carbocycles. The molecule has 1 aliphatic heterocycles. The third kappa shape index (κ3) is 2.75. The molecule has 0 aromatic heterocycles. The van der Waals surface area contributed by atoms with Crippen molar-refractivity contribution in [1.29, 1.82) is 0 Å². The third-order valence-corrected chi connectivity index (χ3v) is 3.35. The van der Waals surface area contributed by atoms with Crippen molar-refractivity contribution in [3.63, 3.8) is 0 Å². The first-order valence-corrected chi connectivity index (χ1v) is 6.44. The Labute approximate surface area is 110 Å². The van der Waals surface area contributed by atoms with Crippen molar-refractivity contribution >= 4 is 23.2 Å². The van der Waals surface area contributed by atoms with Gasteiger partial charge in [0, 0.05) is 18.8 Å². The average Bonchev–Trinajstić information content (AvgIpc) is 2.78. The fourth-order valence-electron chi connectivity index (χ4n) is 2.07. The van der Waals surface area contributed by atoms with Gasteiger partial charge in [-0.3, -0.25) is 4.79 Å². The van der Waals surface area contributed by atoms with Crippen molar-refractivity contribution in [2.24, 2.45) is 5.92 Å². The number of nitrogens with zero attached hydrogens (tertiary/aromatic N) is 1. The number of hydrogen-bond acceptors (Lipinski definition) is 2. The monoisotopic (exact) mass is 271 g/mol. The van der Waals surface area contributed by atoms with Gasteiger partial charge in [0.2, 0.25) is 5.91 Å². The van der Waals surface area contributed by atoms with Crippen LogP contribution in [0.25, 0.3) is 0 Å². The van der Waals surface area contributed by atoms with Crippen LogP contribution in [0.1, 0.15) is 6.42 Å². The predicted molar refractivity (Wildman–Crippen MR) is 69.1 cm³/mol. The summed E-state index contributed by atoms with van der Waals surface area (Å²) >= 11 is 5.79. The molecule has 1 saturated heterocycles. The summed E-state index contributed by atoms with van der Waals surface area (Å²) in [6, 6.07) is 7.18. The van der Waals surface area contributed by atoms with E-state index in [-0.39, 0.29) is 18.4 Å². The van der Waals surface area contributed by atoms with Crippen molar-refractivity contribution < 1.29 is 13.9 Å². The Balaban J connectivity index is 2.19. The van der Waals surface area contributed by atoms with E-state index in [1.54, 1.807) is 17.0 Å². The lowest BCUT2D eigenvalue weighted by Gasteiger charge is -2.20. The van der Waals surface area contributed by atoms with Gasteiger partial charge in [-0.1, -0.05) is 12.1 Å². The van der Waals surface area contributed by atoms with Gasteiger partial charge in [0.25, 0.3) is 0 Å². The molecular weight excluding hydrogens is 257 g/mol. The zero-order chi connectivity index (χ0) is 13.0. The summed E-state index contributed by atoms with van der Waals surface area (Å²) in [6.45, 7) is 0.0445. The Hall–Kier alpha value is -1.29. The van der Waals surface area contributed by atoms with Gasteiger partial charge in [-0.15, -0.1) is 11.6 Å². The molecule has 5 heteroatoms. The van der Waals surface area contributed by atoms with E-state index in [9.17, 15) is 9.18 Å². The number of amides is 1. The number of alkyl halides is 2. The number of para-hydroxylation sites is 2. The number of carbonyl (C=O) groups excluding carboxylic acids is 1. The fraction of sp³-hybridized carbons (Fsp3) is 0.462. The molecule has 0 bridgehead atoms. The molecular formula is C13H15ClFNO2. The van der Waals surface area contributed by atoms with E-state index in [0.717, 1.165) is 0 Å². The summed E-state index contributed by atoms with van der Waals surface area (Å²) in [5.74, 6) is 1.22. The van der Waals surface area contributed by atoms with Gasteiger partial charge in [0.1, 0.15) is 19.0 Å². The van der Waals surface area contributed by atoms with Crippen LogP contribution in [0.2, 0.25) is 0 Å². The van der Waals surface area contributed by atoms with E-state index in [1.807, 2.05) is 12.1 Å². The van der Waals surface area contributed by atoms with Gasteiger partial charge in [-0.25, -0.2) is 4.39 Å². The smallest absolute Gasteiger partial charge is 0.227 e. The van der Waals surface area contributed by atoms with E-state index in [4.69, 9.17) is 16.3 Å². The van der Waals surface area contributed by atoms with Crippen molar-refractivity contribution in [3.05, 3.63) is 24.3 Å². The van der Waals surface area contributed by atoms with Gasteiger partial charge in [-0.2, -0.15) is 0 Å². The van der Waals surface area contributed by atoms with Crippen LogP contribution in [0.15, 0.2) is 24.3 Å². The Morgan fingerprint density at radius 1 is 1.44 bits per heavy atom.